The average molecular weight is 288 g/mol. The van der Waals surface area contributed by atoms with Crippen LogP contribution in [0.25, 0.3) is 0 Å². The molecule has 0 bridgehead atoms. The van der Waals surface area contributed by atoms with E-state index in [4.69, 9.17) is 17.3 Å². The molecule has 2 rings (SSSR count). The summed E-state index contributed by atoms with van der Waals surface area (Å²) in [6.45, 7) is 2.83. The first kappa shape index (κ1) is 13.8. The van der Waals surface area contributed by atoms with Crippen LogP contribution in [-0.4, -0.2) is 48.4 Å². The van der Waals surface area contributed by atoms with E-state index < -0.39 is 0 Å². The Morgan fingerprint density at radius 2 is 2.44 bits per heavy atom. The van der Waals surface area contributed by atoms with Gasteiger partial charge in [-0.3, -0.25) is 9.69 Å². The van der Waals surface area contributed by atoms with Crippen molar-refractivity contribution >= 4 is 28.8 Å². The summed E-state index contributed by atoms with van der Waals surface area (Å²) < 4.78 is 0.761. The highest BCUT2D eigenvalue weighted by Gasteiger charge is 2.22. The number of amides is 1. The Bertz CT molecular complexity index is 423. The second kappa shape index (κ2) is 6.02. The molecule has 18 heavy (non-hydrogen) atoms. The topological polar surface area (TPSA) is 49.6 Å². The van der Waals surface area contributed by atoms with Gasteiger partial charge in [-0.2, -0.15) is 0 Å². The van der Waals surface area contributed by atoms with Crippen molar-refractivity contribution in [2.45, 2.75) is 19.0 Å². The number of carbonyl (C=O) groups is 1. The van der Waals surface area contributed by atoms with Gasteiger partial charge in [-0.1, -0.05) is 11.6 Å². The van der Waals surface area contributed by atoms with Crippen LogP contribution in [0.2, 0.25) is 4.34 Å². The summed E-state index contributed by atoms with van der Waals surface area (Å²) in [5.74, 6) is 0.133. The summed E-state index contributed by atoms with van der Waals surface area (Å²) in [4.78, 5) is 17.0. The van der Waals surface area contributed by atoms with Crippen LogP contribution in [0, 0.1) is 0 Å². The quantitative estimate of drug-likeness (QED) is 0.910. The van der Waals surface area contributed by atoms with Crippen LogP contribution < -0.4 is 5.73 Å². The van der Waals surface area contributed by atoms with Crippen LogP contribution in [0.1, 0.15) is 11.3 Å². The van der Waals surface area contributed by atoms with Crippen molar-refractivity contribution < 1.29 is 4.79 Å². The van der Waals surface area contributed by atoms with E-state index in [1.165, 1.54) is 11.3 Å². The Balaban J connectivity index is 1.81. The largest absolute Gasteiger partial charge is 0.340 e. The van der Waals surface area contributed by atoms with Gasteiger partial charge in [-0.15, -0.1) is 11.3 Å². The number of hydrogen-bond acceptors (Lipinski definition) is 4. The molecule has 1 atom stereocenters. The minimum Gasteiger partial charge on any atom is -0.340 e. The molecule has 1 aliphatic heterocycles. The number of nitrogens with two attached hydrogens (primary N) is 1. The highest BCUT2D eigenvalue weighted by molar-refractivity contribution is 7.16. The van der Waals surface area contributed by atoms with Crippen LogP contribution >= 0.6 is 22.9 Å². The SMILES string of the molecule is CN(Cc1ccc(Cl)s1)C(=O)CN1CC[C@H](N)C1. The van der Waals surface area contributed by atoms with E-state index >= 15 is 0 Å². The lowest BCUT2D eigenvalue weighted by atomic mass is 10.3. The van der Waals surface area contributed by atoms with Gasteiger partial charge in [0.05, 0.1) is 17.4 Å². The van der Waals surface area contributed by atoms with Gasteiger partial charge in [0.1, 0.15) is 0 Å². The smallest absolute Gasteiger partial charge is 0.236 e. The zero-order valence-electron chi connectivity index (χ0n) is 10.4. The maximum absolute atomic E-state index is 12.0. The number of nitrogens with zero attached hydrogens (tertiary/aromatic N) is 2. The second-order valence-corrected chi connectivity index (χ2v) is 6.54. The number of likely N-dealkylation sites (N-methyl/N-ethyl adjacent to an activating group) is 1. The standard InChI is InChI=1S/C12H18ClN3OS/c1-15(7-10-2-3-11(13)18-10)12(17)8-16-5-4-9(14)6-16/h2-3,9H,4-8,14H2,1H3/t9-/m0/s1. The monoisotopic (exact) mass is 287 g/mol. The Morgan fingerprint density at radius 1 is 1.67 bits per heavy atom. The molecule has 0 aliphatic carbocycles. The van der Waals surface area contributed by atoms with Gasteiger partial charge in [-0.05, 0) is 18.6 Å². The van der Waals surface area contributed by atoms with Gasteiger partial charge < -0.3 is 10.6 Å². The predicted molar refractivity (Wildman–Crippen MR) is 74.8 cm³/mol. The van der Waals surface area contributed by atoms with Crippen molar-refractivity contribution in [1.82, 2.24) is 9.80 Å². The van der Waals surface area contributed by atoms with Crippen molar-refractivity contribution in [3.63, 3.8) is 0 Å². The average Bonchev–Trinajstić information content (AvgIpc) is 2.88. The summed E-state index contributed by atoms with van der Waals surface area (Å²) in [7, 11) is 1.83. The summed E-state index contributed by atoms with van der Waals surface area (Å²) in [6, 6.07) is 4.04. The summed E-state index contributed by atoms with van der Waals surface area (Å²) in [5.41, 5.74) is 5.82. The highest BCUT2D eigenvalue weighted by Crippen LogP contribution is 2.22. The maximum Gasteiger partial charge on any atom is 0.236 e. The third-order valence-corrected chi connectivity index (χ3v) is 4.33. The molecule has 0 saturated carbocycles. The van der Waals surface area contributed by atoms with Crippen LogP contribution in [0.3, 0.4) is 0 Å². The first-order valence-corrected chi connectivity index (χ1v) is 7.20. The number of carbonyl (C=O) groups excluding carboxylic acids is 1. The molecule has 0 spiro atoms. The minimum atomic E-state index is 0.133. The Morgan fingerprint density at radius 3 is 3.00 bits per heavy atom. The van der Waals surface area contributed by atoms with Crippen molar-refractivity contribution in [2.75, 3.05) is 26.7 Å². The van der Waals surface area contributed by atoms with Crippen LogP contribution in [0.5, 0.6) is 0 Å². The number of hydrogen-bond donors (Lipinski definition) is 1. The number of halogens is 1. The molecule has 1 aliphatic rings. The van der Waals surface area contributed by atoms with E-state index in [0.717, 1.165) is 28.7 Å². The predicted octanol–water partition coefficient (Wildman–Crippen LogP) is 1.39. The molecule has 2 N–H and O–H groups in total. The molecule has 100 valence electrons. The van der Waals surface area contributed by atoms with Gasteiger partial charge in [0.2, 0.25) is 5.91 Å². The summed E-state index contributed by atoms with van der Waals surface area (Å²) >= 11 is 7.38. The molecule has 0 radical (unpaired) electrons. The first-order valence-electron chi connectivity index (χ1n) is 6.00. The fourth-order valence-electron chi connectivity index (χ4n) is 2.08. The van der Waals surface area contributed by atoms with Crippen molar-refractivity contribution in [1.29, 1.82) is 0 Å². The van der Waals surface area contributed by atoms with E-state index in [-0.39, 0.29) is 11.9 Å². The zero-order chi connectivity index (χ0) is 13.1. The molecule has 2 heterocycles. The molecule has 1 saturated heterocycles. The maximum atomic E-state index is 12.0. The molecule has 1 amide bonds. The molecule has 1 fully saturated rings. The zero-order valence-corrected chi connectivity index (χ0v) is 12.0. The third-order valence-electron chi connectivity index (χ3n) is 3.12. The van der Waals surface area contributed by atoms with E-state index in [1.807, 2.05) is 19.2 Å². The van der Waals surface area contributed by atoms with E-state index in [9.17, 15) is 4.79 Å². The van der Waals surface area contributed by atoms with Crippen LogP contribution in [0.15, 0.2) is 12.1 Å². The lowest BCUT2D eigenvalue weighted by molar-refractivity contribution is -0.131. The Kier molecular flexibility index (Phi) is 4.61. The van der Waals surface area contributed by atoms with Gasteiger partial charge in [0.25, 0.3) is 0 Å². The minimum absolute atomic E-state index is 0.133. The van der Waals surface area contributed by atoms with Gasteiger partial charge in [0, 0.05) is 31.1 Å². The fourth-order valence-corrected chi connectivity index (χ4v) is 3.22. The fraction of sp³-hybridized carbons (Fsp3) is 0.583. The molecular formula is C12H18ClN3OS. The van der Waals surface area contributed by atoms with Crippen LogP contribution in [-0.2, 0) is 11.3 Å². The highest BCUT2D eigenvalue weighted by atomic mass is 35.5. The molecular weight excluding hydrogens is 270 g/mol. The summed E-state index contributed by atoms with van der Waals surface area (Å²) in [6.07, 6.45) is 0.984. The summed E-state index contributed by atoms with van der Waals surface area (Å²) in [5, 5.41) is 0. The van der Waals surface area contributed by atoms with E-state index in [1.54, 1.807) is 4.90 Å². The lowest BCUT2D eigenvalue weighted by Gasteiger charge is -2.20. The number of likely N-dealkylation sites (tertiary alicyclic amines) is 1. The molecule has 1 aromatic heterocycles. The number of rotatable bonds is 4. The van der Waals surface area contributed by atoms with Crippen molar-refractivity contribution in [2.24, 2.45) is 5.73 Å². The van der Waals surface area contributed by atoms with Gasteiger partial charge >= 0.3 is 0 Å². The molecule has 0 unspecified atom stereocenters. The van der Waals surface area contributed by atoms with Crippen molar-refractivity contribution in [3.05, 3.63) is 21.3 Å². The molecule has 0 aromatic carbocycles. The Labute approximate surface area is 116 Å². The van der Waals surface area contributed by atoms with E-state index in [0.29, 0.717) is 13.1 Å². The normalized spacial score (nSPS) is 20.3. The van der Waals surface area contributed by atoms with Gasteiger partial charge in [0.15, 0.2) is 0 Å². The second-order valence-electron chi connectivity index (χ2n) is 4.74. The van der Waals surface area contributed by atoms with Crippen LogP contribution in [0.4, 0.5) is 0 Å². The lowest BCUT2D eigenvalue weighted by Crippen LogP contribution is -2.38. The van der Waals surface area contributed by atoms with Gasteiger partial charge in [-0.25, -0.2) is 0 Å². The number of thiophene rings is 1. The molecule has 6 heteroatoms. The molecule has 4 nitrogen and oxygen atoms in total. The first-order chi connectivity index (χ1) is 8.54. The third kappa shape index (κ3) is 3.68. The molecule has 1 aromatic rings. The Hall–Kier alpha value is -0.620. The van der Waals surface area contributed by atoms with Crippen molar-refractivity contribution in [3.8, 4) is 0 Å². The van der Waals surface area contributed by atoms with E-state index in [2.05, 4.69) is 4.90 Å².